The van der Waals surface area contributed by atoms with Crippen LogP contribution in [-0.4, -0.2) is 66.1 Å². The van der Waals surface area contributed by atoms with Gasteiger partial charge in [-0.2, -0.15) is 0 Å². The van der Waals surface area contributed by atoms with Crippen molar-refractivity contribution < 1.29 is 59.9 Å². The normalized spacial score (nSPS) is 14.3. The molecular formula is C25H23NO12. The lowest BCUT2D eigenvalue weighted by atomic mass is 9.82. The minimum absolute atomic E-state index is 0.0885. The Morgan fingerprint density at radius 1 is 0.947 bits per heavy atom. The molecule has 1 aliphatic rings. The molecule has 0 spiro atoms. The van der Waals surface area contributed by atoms with Crippen LogP contribution in [0, 0.1) is 0 Å². The summed E-state index contributed by atoms with van der Waals surface area (Å²) < 4.78 is 10.4. The highest BCUT2D eigenvalue weighted by molar-refractivity contribution is 6.02. The molecule has 0 aromatic heterocycles. The summed E-state index contributed by atoms with van der Waals surface area (Å²) in [4.78, 5) is 24.2. The Hall–Kier alpha value is -5.20. The van der Waals surface area contributed by atoms with Gasteiger partial charge in [-0.15, -0.1) is 0 Å². The number of nitrogens with one attached hydrogen (secondary N) is 1. The van der Waals surface area contributed by atoms with E-state index in [-0.39, 0.29) is 53.5 Å². The molecule has 200 valence electrons. The van der Waals surface area contributed by atoms with Crippen LogP contribution < -0.4 is 14.8 Å². The maximum atomic E-state index is 12.5. The SMILES string of the molecule is CCNC(=O)Oc1c(O)cc(-c2c(O)c(O)c(O)c(C3COc4cc(O)cc(O)c4C3)c2C(=O)O)cc1O. The first-order valence-electron chi connectivity index (χ1n) is 11.2. The van der Waals surface area contributed by atoms with Crippen LogP contribution in [0.15, 0.2) is 24.3 Å². The molecule has 13 nitrogen and oxygen atoms in total. The zero-order valence-electron chi connectivity index (χ0n) is 19.7. The van der Waals surface area contributed by atoms with Crippen LogP contribution in [0.3, 0.4) is 0 Å². The highest BCUT2D eigenvalue weighted by Gasteiger charge is 2.36. The van der Waals surface area contributed by atoms with E-state index in [1.807, 2.05) is 0 Å². The van der Waals surface area contributed by atoms with Gasteiger partial charge >= 0.3 is 12.1 Å². The van der Waals surface area contributed by atoms with Gasteiger partial charge in [0.05, 0.1) is 12.2 Å². The van der Waals surface area contributed by atoms with Gasteiger partial charge in [0.15, 0.2) is 23.0 Å². The Balaban J connectivity index is 1.89. The van der Waals surface area contributed by atoms with E-state index in [0.717, 1.165) is 18.2 Å². The first kappa shape index (κ1) is 25.9. The smallest absolute Gasteiger partial charge is 0.412 e. The van der Waals surface area contributed by atoms with Crippen molar-refractivity contribution in [1.29, 1.82) is 0 Å². The molecule has 9 N–H and O–H groups in total. The van der Waals surface area contributed by atoms with E-state index in [1.165, 1.54) is 6.07 Å². The second-order valence-corrected chi connectivity index (χ2v) is 8.43. The summed E-state index contributed by atoms with van der Waals surface area (Å²) in [6.07, 6.45) is -1.08. The van der Waals surface area contributed by atoms with Gasteiger partial charge in [0.1, 0.15) is 17.2 Å². The number of amides is 1. The minimum Gasteiger partial charge on any atom is -0.508 e. The summed E-state index contributed by atoms with van der Waals surface area (Å²) in [5, 5.41) is 85.0. The van der Waals surface area contributed by atoms with E-state index in [9.17, 15) is 50.4 Å². The second-order valence-electron chi connectivity index (χ2n) is 8.43. The van der Waals surface area contributed by atoms with Crippen LogP contribution in [0.2, 0.25) is 0 Å². The molecule has 1 heterocycles. The number of aromatic carboxylic acids is 1. The molecule has 0 bridgehead atoms. The van der Waals surface area contributed by atoms with Gasteiger partial charge in [-0.1, -0.05) is 0 Å². The number of hydrogen-bond donors (Lipinski definition) is 9. The van der Waals surface area contributed by atoms with E-state index in [1.54, 1.807) is 6.92 Å². The number of phenolic OH excluding ortho intramolecular Hbond substituents is 7. The van der Waals surface area contributed by atoms with Crippen LogP contribution in [0.1, 0.15) is 34.3 Å². The number of fused-ring (bicyclic) bond motifs is 1. The first-order valence-corrected chi connectivity index (χ1v) is 11.2. The molecule has 3 aromatic rings. The molecule has 3 aromatic carbocycles. The van der Waals surface area contributed by atoms with E-state index in [4.69, 9.17) is 9.47 Å². The van der Waals surface area contributed by atoms with Crippen molar-refractivity contribution in [2.24, 2.45) is 0 Å². The van der Waals surface area contributed by atoms with Crippen molar-refractivity contribution in [3.8, 4) is 62.9 Å². The third kappa shape index (κ3) is 4.40. The fraction of sp³-hybridized carbons (Fsp3) is 0.200. The lowest BCUT2D eigenvalue weighted by Gasteiger charge is -2.29. The van der Waals surface area contributed by atoms with Crippen LogP contribution in [0.5, 0.6) is 51.7 Å². The van der Waals surface area contributed by atoms with Crippen molar-refractivity contribution in [3.05, 3.63) is 41.0 Å². The van der Waals surface area contributed by atoms with Crippen molar-refractivity contribution in [1.82, 2.24) is 5.32 Å². The van der Waals surface area contributed by atoms with Crippen LogP contribution >= 0.6 is 0 Å². The molecule has 1 amide bonds. The average molecular weight is 529 g/mol. The lowest BCUT2D eigenvalue weighted by molar-refractivity contribution is 0.0694. The van der Waals surface area contributed by atoms with Crippen LogP contribution in [-0.2, 0) is 6.42 Å². The van der Waals surface area contributed by atoms with Crippen molar-refractivity contribution in [2.45, 2.75) is 19.3 Å². The Labute approximate surface area is 214 Å². The summed E-state index contributed by atoms with van der Waals surface area (Å²) >= 11 is 0. The minimum atomic E-state index is -1.65. The highest BCUT2D eigenvalue weighted by atomic mass is 16.6. The largest absolute Gasteiger partial charge is 0.508 e. The zero-order valence-corrected chi connectivity index (χ0v) is 19.7. The second kappa shape index (κ2) is 9.69. The van der Waals surface area contributed by atoms with Gasteiger partial charge in [0.2, 0.25) is 11.5 Å². The van der Waals surface area contributed by atoms with E-state index < -0.39 is 63.6 Å². The third-order valence-corrected chi connectivity index (χ3v) is 6.00. The number of carboxylic acid groups (broad SMARTS) is 1. The molecule has 13 heteroatoms. The summed E-state index contributed by atoms with van der Waals surface area (Å²) in [6.45, 7) is 1.55. The molecule has 1 aliphatic heterocycles. The van der Waals surface area contributed by atoms with Gasteiger partial charge in [-0.05, 0) is 31.0 Å². The fourth-order valence-corrected chi connectivity index (χ4v) is 4.38. The quantitative estimate of drug-likeness (QED) is 0.217. The number of rotatable bonds is 5. The van der Waals surface area contributed by atoms with Gasteiger partial charge in [0, 0.05) is 41.3 Å². The molecule has 0 saturated heterocycles. The predicted octanol–water partition coefficient (Wildman–Crippen LogP) is 2.82. The number of ether oxygens (including phenoxy) is 2. The number of aromatic hydroxyl groups is 7. The summed E-state index contributed by atoms with van der Waals surface area (Å²) in [6, 6.07) is 4.08. The topological polar surface area (TPSA) is 226 Å². The highest BCUT2D eigenvalue weighted by Crippen LogP contribution is 2.53. The summed E-state index contributed by atoms with van der Waals surface area (Å²) in [5.41, 5.74) is -1.73. The first-order chi connectivity index (χ1) is 17.9. The molecule has 38 heavy (non-hydrogen) atoms. The maximum absolute atomic E-state index is 12.5. The number of carboxylic acids is 1. The van der Waals surface area contributed by atoms with Crippen LogP contribution in [0.25, 0.3) is 11.1 Å². The van der Waals surface area contributed by atoms with Crippen LogP contribution in [0.4, 0.5) is 4.79 Å². The molecule has 1 atom stereocenters. The van der Waals surface area contributed by atoms with E-state index in [2.05, 4.69) is 5.32 Å². The number of hydrogen-bond acceptors (Lipinski definition) is 11. The summed E-state index contributed by atoms with van der Waals surface area (Å²) in [5.74, 6) is -8.44. The summed E-state index contributed by atoms with van der Waals surface area (Å²) in [7, 11) is 0. The molecule has 0 radical (unpaired) electrons. The van der Waals surface area contributed by atoms with Gasteiger partial charge < -0.3 is 55.6 Å². The predicted molar refractivity (Wildman–Crippen MR) is 129 cm³/mol. The molecule has 1 unspecified atom stereocenters. The Kier molecular flexibility index (Phi) is 6.60. The van der Waals surface area contributed by atoms with Crippen molar-refractivity contribution in [2.75, 3.05) is 13.2 Å². The van der Waals surface area contributed by atoms with E-state index in [0.29, 0.717) is 0 Å². The monoisotopic (exact) mass is 529 g/mol. The Bertz CT molecular complexity index is 1440. The molecule has 4 rings (SSSR count). The zero-order chi connectivity index (χ0) is 27.9. The average Bonchev–Trinajstić information content (AvgIpc) is 2.84. The number of carbonyl (C=O) groups is 2. The van der Waals surface area contributed by atoms with Gasteiger partial charge in [0.25, 0.3) is 0 Å². The van der Waals surface area contributed by atoms with Crippen molar-refractivity contribution in [3.63, 3.8) is 0 Å². The molecule has 0 aliphatic carbocycles. The Morgan fingerprint density at radius 2 is 1.61 bits per heavy atom. The van der Waals surface area contributed by atoms with E-state index >= 15 is 0 Å². The molecule has 0 saturated carbocycles. The van der Waals surface area contributed by atoms with Crippen molar-refractivity contribution >= 4 is 12.1 Å². The molecule has 0 fully saturated rings. The number of carbonyl (C=O) groups excluding carboxylic acids is 1. The maximum Gasteiger partial charge on any atom is 0.412 e. The molecular weight excluding hydrogens is 506 g/mol. The van der Waals surface area contributed by atoms with Gasteiger partial charge in [-0.25, -0.2) is 9.59 Å². The number of phenols is 7. The fourth-order valence-electron chi connectivity index (χ4n) is 4.38. The third-order valence-electron chi connectivity index (χ3n) is 6.00. The number of benzene rings is 3. The Morgan fingerprint density at radius 3 is 2.21 bits per heavy atom. The lowest BCUT2D eigenvalue weighted by Crippen LogP contribution is -2.26. The van der Waals surface area contributed by atoms with Gasteiger partial charge in [-0.3, -0.25) is 0 Å². The standard InChI is InChI=1S/C25H23NO12/c1-2-26-25(36)38-23-14(29)4-9(5-15(23)30)17-19(24(34)35)18(21(32)22(33)20(17)31)10-3-12-13(28)6-11(27)7-16(12)37-8-10/h4-7,10,27-33H,2-3,8H2,1H3,(H,26,36)(H,34,35).